The average molecular weight is 376 g/mol. The number of halogens is 2. The Labute approximate surface area is 158 Å². The Morgan fingerprint density at radius 2 is 1.89 bits per heavy atom. The highest BCUT2D eigenvalue weighted by atomic mass is 19.1. The van der Waals surface area contributed by atoms with E-state index in [4.69, 9.17) is 0 Å². The monoisotopic (exact) mass is 376 g/mol. The molecule has 0 aromatic carbocycles. The summed E-state index contributed by atoms with van der Waals surface area (Å²) in [5.41, 5.74) is -0.130. The Morgan fingerprint density at radius 1 is 1.19 bits per heavy atom. The van der Waals surface area contributed by atoms with Gasteiger partial charge in [-0.05, 0) is 19.8 Å². The number of alkyl halides is 1. The molecule has 1 aliphatic heterocycles. The highest BCUT2D eigenvalue weighted by Gasteiger charge is 2.36. The van der Waals surface area contributed by atoms with Gasteiger partial charge in [0, 0.05) is 37.7 Å². The quantitative estimate of drug-likeness (QED) is 0.861. The van der Waals surface area contributed by atoms with Crippen LogP contribution in [0.2, 0.25) is 0 Å². The van der Waals surface area contributed by atoms with E-state index in [0.717, 1.165) is 5.69 Å². The van der Waals surface area contributed by atoms with E-state index in [1.807, 2.05) is 27.7 Å². The number of piperidine rings is 1. The normalized spacial score (nSPS) is 16.6. The van der Waals surface area contributed by atoms with Crippen molar-refractivity contribution < 1.29 is 8.78 Å². The molecule has 0 radical (unpaired) electrons. The van der Waals surface area contributed by atoms with Crippen molar-refractivity contribution in [3.8, 4) is 0 Å². The van der Waals surface area contributed by atoms with Gasteiger partial charge < -0.3 is 10.2 Å². The number of nitrogens with zero attached hydrogens (tertiary/aromatic N) is 5. The summed E-state index contributed by atoms with van der Waals surface area (Å²) in [7, 11) is 0. The van der Waals surface area contributed by atoms with E-state index < -0.39 is 11.5 Å². The lowest BCUT2D eigenvalue weighted by Gasteiger charge is -2.37. The fraction of sp³-hybridized carbons (Fsp3) is 0.579. The van der Waals surface area contributed by atoms with Crippen molar-refractivity contribution in [3.63, 3.8) is 0 Å². The largest absolute Gasteiger partial charge is 0.367 e. The molecule has 146 valence electrons. The van der Waals surface area contributed by atoms with Gasteiger partial charge in [0.25, 0.3) is 0 Å². The molecule has 0 spiro atoms. The highest BCUT2D eigenvalue weighted by molar-refractivity contribution is 5.43. The minimum Gasteiger partial charge on any atom is -0.367 e. The van der Waals surface area contributed by atoms with Crippen molar-refractivity contribution in [3.05, 3.63) is 35.4 Å². The Hall–Kier alpha value is -2.38. The van der Waals surface area contributed by atoms with Crippen LogP contribution in [0.3, 0.4) is 0 Å². The predicted molar refractivity (Wildman–Crippen MR) is 101 cm³/mol. The molecule has 1 aliphatic rings. The van der Waals surface area contributed by atoms with Crippen molar-refractivity contribution in [2.75, 3.05) is 29.9 Å². The second kappa shape index (κ2) is 7.70. The van der Waals surface area contributed by atoms with Crippen LogP contribution in [-0.2, 0) is 0 Å². The van der Waals surface area contributed by atoms with Gasteiger partial charge in [-0.15, -0.1) is 0 Å². The van der Waals surface area contributed by atoms with Crippen LogP contribution in [0.4, 0.5) is 20.4 Å². The van der Waals surface area contributed by atoms with Crippen molar-refractivity contribution >= 4 is 11.6 Å². The van der Waals surface area contributed by atoms with Gasteiger partial charge in [0.2, 0.25) is 0 Å². The third kappa shape index (κ3) is 4.48. The van der Waals surface area contributed by atoms with Gasteiger partial charge in [-0.3, -0.25) is 0 Å². The summed E-state index contributed by atoms with van der Waals surface area (Å²) in [5, 5.41) is 3.08. The molecule has 2 aromatic rings. The maximum absolute atomic E-state index is 15.2. The molecule has 0 amide bonds. The molecule has 1 N–H and O–H groups in total. The summed E-state index contributed by atoms with van der Waals surface area (Å²) in [5.74, 6) is 1.12. The lowest BCUT2D eigenvalue weighted by atomic mass is 9.93. The molecule has 8 heteroatoms. The summed E-state index contributed by atoms with van der Waals surface area (Å²) < 4.78 is 29.9. The molecule has 6 nitrogen and oxygen atoms in total. The maximum Gasteiger partial charge on any atom is 0.187 e. The highest BCUT2D eigenvalue weighted by Crippen LogP contribution is 2.31. The number of hydrogen-bond donors (Lipinski definition) is 1. The number of nitrogens with one attached hydrogen (secondary N) is 1. The molecule has 27 heavy (non-hydrogen) atoms. The first kappa shape index (κ1) is 19.4. The van der Waals surface area contributed by atoms with E-state index in [-0.39, 0.29) is 18.3 Å². The van der Waals surface area contributed by atoms with E-state index >= 15 is 4.39 Å². The SMILES string of the molecule is Cc1cc(NCC2(F)CCN(c3ncnc(C(C)C)c3F)CC2)nc(C)n1. The van der Waals surface area contributed by atoms with Gasteiger partial charge in [-0.1, -0.05) is 13.8 Å². The summed E-state index contributed by atoms with van der Waals surface area (Å²) in [6.07, 6.45) is 1.97. The minimum absolute atomic E-state index is 0.0271. The van der Waals surface area contributed by atoms with Gasteiger partial charge in [0.15, 0.2) is 11.6 Å². The second-order valence-electron chi connectivity index (χ2n) is 7.48. The number of anilines is 2. The van der Waals surface area contributed by atoms with Crippen LogP contribution in [0.25, 0.3) is 0 Å². The zero-order chi connectivity index (χ0) is 19.6. The van der Waals surface area contributed by atoms with E-state index in [1.54, 1.807) is 11.0 Å². The molecule has 0 saturated carbocycles. The smallest absolute Gasteiger partial charge is 0.187 e. The van der Waals surface area contributed by atoms with Gasteiger partial charge in [-0.2, -0.15) is 0 Å². The van der Waals surface area contributed by atoms with Crippen LogP contribution < -0.4 is 10.2 Å². The van der Waals surface area contributed by atoms with Crippen molar-refractivity contribution in [2.45, 2.75) is 52.1 Å². The molecular formula is C19H26F2N6. The average Bonchev–Trinajstić information content (AvgIpc) is 2.60. The molecule has 3 rings (SSSR count). The summed E-state index contributed by atoms with van der Waals surface area (Å²) in [4.78, 5) is 18.4. The standard InChI is InChI=1S/C19H26F2N6/c1-12(2)17-16(20)18(24-11-23-17)27-7-5-19(21,6-8-27)10-22-15-9-13(3)25-14(4)26-15/h9,11-12H,5-8,10H2,1-4H3,(H,22,25,26). The Balaban J connectivity index is 1.63. The third-order valence-corrected chi connectivity index (χ3v) is 4.86. The number of rotatable bonds is 5. The summed E-state index contributed by atoms with van der Waals surface area (Å²) in [6, 6.07) is 1.80. The molecule has 0 unspecified atom stereocenters. The molecular weight excluding hydrogens is 350 g/mol. The summed E-state index contributed by atoms with van der Waals surface area (Å²) >= 11 is 0. The van der Waals surface area contributed by atoms with Crippen LogP contribution in [0.1, 0.15) is 49.8 Å². The number of aryl methyl sites for hydroxylation is 2. The van der Waals surface area contributed by atoms with Crippen LogP contribution in [0.5, 0.6) is 0 Å². The van der Waals surface area contributed by atoms with Crippen molar-refractivity contribution in [2.24, 2.45) is 0 Å². The lowest BCUT2D eigenvalue weighted by molar-refractivity contribution is 0.140. The zero-order valence-electron chi connectivity index (χ0n) is 16.3. The molecule has 1 saturated heterocycles. The first-order valence-corrected chi connectivity index (χ1v) is 9.28. The fourth-order valence-electron chi connectivity index (χ4n) is 3.35. The van der Waals surface area contributed by atoms with E-state index in [9.17, 15) is 4.39 Å². The molecule has 0 bridgehead atoms. The minimum atomic E-state index is -1.37. The Morgan fingerprint density at radius 3 is 2.52 bits per heavy atom. The first-order chi connectivity index (χ1) is 12.8. The van der Waals surface area contributed by atoms with Gasteiger partial charge in [-0.25, -0.2) is 28.7 Å². The maximum atomic E-state index is 15.2. The van der Waals surface area contributed by atoms with E-state index in [1.165, 1.54) is 6.33 Å². The molecule has 0 atom stereocenters. The summed E-state index contributed by atoms with van der Waals surface area (Å²) in [6.45, 7) is 8.45. The van der Waals surface area contributed by atoms with Crippen LogP contribution in [0, 0.1) is 19.7 Å². The van der Waals surface area contributed by atoms with Gasteiger partial charge >= 0.3 is 0 Å². The predicted octanol–water partition coefficient (Wildman–Crippen LogP) is 3.57. The number of aromatic nitrogens is 4. The zero-order valence-corrected chi connectivity index (χ0v) is 16.3. The molecule has 1 fully saturated rings. The number of hydrogen-bond acceptors (Lipinski definition) is 6. The van der Waals surface area contributed by atoms with Gasteiger partial charge in [0.05, 0.1) is 12.2 Å². The Kier molecular flexibility index (Phi) is 5.53. The lowest BCUT2D eigenvalue weighted by Crippen LogP contribution is -2.46. The van der Waals surface area contributed by atoms with Crippen molar-refractivity contribution in [1.29, 1.82) is 0 Å². The Bertz CT molecular complexity index is 783. The molecule has 0 aliphatic carbocycles. The van der Waals surface area contributed by atoms with Crippen LogP contribution in [0.15, 0.2) is 12.4 Å². The molecule has 2 aromatic heterocycles. The topological polar surface area (TPSA) is 66.8 Å². The second-order valence-corrected chi connectivity index (χ2v) is 7.48. The first-order valence-electron chi connectivity index (χ1n) is 9.28. The van der Waals surface area contributed by atoms with Crippen molar-refractivity contribution in [1.82, 2.24) is 19.9 Å². The third-order valence-electron chi connectivity index (χ3n) is 4.86. The van der Waals surface area contributed by atoms with Gasteiger partial charge in [0.1, 0.15) is 23.6 Å². The fourth-order valence-corrected chi connectivity index (χ4v) is 3.35. The molecule has 3 heterocycles. The van der Waals surface area contributed by atoms with E-state index in [0.29, 0.717) is 43.3 Å². The van der Waals surface area contributed by atoms with Crippen LogP contribution >= 0.6 is 0 Å². The van der Waals surface area contributed by atoms with Crippen LogP contribution in [-0.4, -0.2) is 45.2 Å². The van der Waals surface area contributed by atoms with E-state index in [2.05, 4.69) is 25.3 Å².